The lowest BCUT2D eigenvalue weighted by atomic mass is 10.2. The molecule has 1 aliphatic rings. The highest BCUT2D eigenvalue weighted by Gasteiger charge is 2.25. The molecule has 0 saturated heterocycles. The van der Waals surface area contributed by atoms with Gasteiger partial charge in [-0.2, -0.15) is 0 Å². The lowest BCUT2D eigenvalue weighted by Crippen LogP contribution is -2.30. The third-order valence-electron chi connectivity index (χ3n) is 5.38. The Morgan fingerprint density at radius 3 is 2.58 bits per heavy atom. The van der Waals surface area contributed by atoms with Crippen LogP contribution in [0, 0.1) is 6.92 Å². The number of para-hydroxylation sites is 1. The van der Waals surface area contributed by atoms with Crippen molar-refractivity contribution in [3.8, 4) is 17.1 Å². The summed E-state index contributed by atoms with van der Waals surface area (Å²) in [5, 5.41) is 9.55. The van der Waals surface area contributed by atoms with Gasteiger partial charge in [-0.25, -0.2) is 0 Å². The van der Waals surface area contributed by atoms with Gasteiger partial charge in [-0.05, 0) is 49.2 Å². The molecule has 2 aromatic heterocycles. The highest BCUT2D eigenvalue weighted by atomic mass is 32.2. The Morgan fingerprint density at radius 2 is 1.77 bits per heavy atom. The zero-order chi connectivity index (χ0) is 21.2. The maximum Gasteiger partial charge on any atom is 0.237 e. The molecule has 3 heterocycles. The first kappa shape index (κ1) is 19.5. The third-order valence-corrected chi connectivity index (χ3v) is 6.29. The van der Waals surface area contributed by atoms with Crippen molar-refractivity contribution < 1.29 is 4.79 Å². The van der Waals surface area contributed by atoms with Crippen molar-refractivity contribution in [3.63, 3.8) is 0 Å². The summed E-state index contributed by atoms with van der Waals surface area (Å²) >= 11 is 1.41. The second-order valence-electron chi connectivity index (χ2n) is 7.43. The predicted molar refractivity (Wildman–Crippen MR) is 123 cm³/mol. The van der Waals surface area contributed by atoms with Crippen molar-refractivity contribution in [2.45, 2.75) is 18.5 Å². The van der Waals surface area contributed by atoms with Crippen molar-refractivity contribution in [3.05, 3.63) is 84.2 Å². The zero-order valence-corrected chi connectivity index (χ0v) is 17.9. The number of thioether (sulfide) groups is 1. The summed E-state index contributed by atoms with van der Waals surface area (Å²) in [5.74, 6) is 1.11. The van der Waals surface area contributed by atoms with E-state index in [-0.39, 0.29) is 5.91 Å². The molecule has 0 unspecified atom stereocenters. The summed E-state index contributed by atoms with van der Waals surface area (Å²) in [6.45, 7) is 2.79. The number of hydrogen-bond acceptors (Lipinski definition) is 5. The van der Waals surface area contributed by atoms with E-state index in [0.29, 0.717) is 10.9 Å². The maximum atomic E-state index is 13.0. The molecule has 0 atom stereocenters. The molecule has 0 aliphatic carbocycles. The fraction of sp³-hybridized carbons (Fsp3) is 0.167. The van der Waals surface area contributed by atoms with Crippen LogP contribution in [0.2, 0.25) is 0 Å². The van der Waals surface area contributed by atoms with E-state index in [0.717, 1.165) is 35.7 Å². The van der Waals surface area contributed by atoms with Gasteiger partial charge < -0.3 is 4.90 Å². The number of hydrogen-bond donors (Lipinski definition) is 0. The van der Waals surface area contributed by atoms with Gasteiger partial charge in [-0.15, -0.1) is 10.2 Å². The highest BCUT2D eigenvalue weighted by molar-refractivity contribution is 7.99. The fourth-order valence-electron chi connectivity index (χ4n) is 3.78. The Labute approximate surface area is 185 Å². The molecule has 0 spiro atoms. The third kappa shape index (κ3) is 3.84. The Morgan fingerprint density at radius 1 is 1.00 bits per heavy atom. The van der Waals surface area contributed by atoms with E-state index >= 15 is 0 Å². The van der Waals surface area contributed by atoms with E-state index in [4.69, 9.17) is 0 Å². The number of aryl methyl sites for hydroxylation is 1. The van der Waals surface area contributed by atoms with Crippen molar-refractivity contribution >= 4 is 23.4 Å². The summed E-state index contributed by atoms with van der Waals surface area (Å²) in [7, 11) is 0. The molecular formula is C24H21N5OS. The van der Waals surface area contributed by atoms with E-state index in [1.165, 1.54) is 22.9 Å². The normalized spacial score (nSPS) is 12.7. The van der Waals surface area contributed by atoms with Crippen LogP contribution in [0.3, 0.4) is 0 Å². The Balaban J connectivity index is 1.44. The first-order valence-electron chi connectivity index (χ1n) is 10.1. The van der Waals surface area contributed by atoms with Crippen LogP contribution in [-0.2, 0) is 11.2 Å². The summed E-state index contributed by atoms with van der Waals surface area (Å²) in [6, 6.07) is 20.1. The quantitative estimate of drug-likeness (QED) is 0.444. The number of rotatable bonds is 5. The van der Waals surface area contributed by atoms with Crippen LogP contribution in [0.1, 0.15) is 11.1 Å². The number of carbonyl (C=O) groups excluding carboxylic acids is 1. The number of aromatic nitrogens is 4. The molecule has 0 N–H and O–H groups in total. The molecule has 154 valence electrons. The van der Waals surface area contributed by atoms with Crippen LogP contribution < -0.4 is 4.90 Å². The van der Waals surface area contributed by atoms with Crippen LogP contribution >= 0.6 is 11.8 Å². The summed E-state index contributed by atoms with van der Waals surface area (Å²) in [4.78, 5) is 19.0. The molecule has 0 saturated carbocycles. The molecule has 1 aliphatic heterocycles. The van der Waals surface area contributed by atoms with Gasteiger partial charge in [0.25, 0.3) is 0 Å². The minimum absolute atomic E-state index is 0.0823. The van der Waals surface area contributed by atoms with Gasteiger partial charge in [0.05, 0.1) is 5.75 Å². The maximum absolute atomic E-state index is 13.0. The van der Waals surface area contributed by atoms with Crippen LogP contribution in [0.15, 0.2) is 78.2 Å². The molecule has 0 radical (unpaired) electrons. The number of benzene rings is 2. The highest BCUT2D eigenvalue weighted by Crippen LogP contribution is 2.31. The molecule has 1 amide bonds. The first-order valence-corrected chi connectivity index (χ1v) is 11.1. The van der Waals surface area contributed by atoms with Gasteiger partial charge in [-0.1, -0.05) is 47.7 Å². The number of nitrogens with zero attached hydrogens (tertiary/aromatic N) is 5. The van der Waals surface area contributed by atoms with Crippen molar-refractivity contribution in [2.75, 3.05) is 17.2 Å². The first-order chi connectivity index (χ1) is 15.2. The summed E-state index contributed by atoms with van der Waals surface area (Å²) in [6.07, 6.45) is 4.38. The van der Waals surface area contributed by atoms with Crippen LogP contribution in [0.4, 0.5) is 5.69 Å². The number of pyridine rings is 1. The molecule has 0 bridgehead atoms. The monoisotopic (exact) mass is 427 g/mol. The van der Waals surface area contributed by atoms with Gasteiger partial charge in [0.2, 0.25) is 5.91 Å². The number of carbonyl (C=O) groups is 1. The van der Waals surface area contributed by atoms with E-state index in [1.54, 1.807) is 12.4 Å². The Bertz CT molecular complexity index is 1220. The topological polar surface area (TPSA) is 63.9 Å². The second kappa shape index (κ2) is 8.35. The molecule has 31 heavy (non-hydrogen) atoms. The van der Waals surface area contributed by atoms with Crippen LogP contribution in [-0.4, -0.2) is 38.0 Å². The second-order valence-corrected chi connectivity index (χ2v) is 8.37. The zero-order valence-electron chi connectivity index (χ0n) is 17.1. The van der Waals surface area contributed by atoms with Crippen molar-refractivity contribution in [1.29, 1.82) is 0 Å². The summed E-state index contributed by atoms with van der Waals surface area (Å²) < 4.78 is 2.00. The molecular weight excluding hydrogens is 406 g/mol. The van der Waals surface area contributed by atoms with E-state index in [1.807, 2.05) is 51.9 Å². The number of fused-ring (bicyclic) bond motifs is 1. The van der Waals surface area contributed by atoms with E-state index in [9.17, 15) is 4.79 Å². The van der Waals surface area contributed by atoms with Crippen molar-refractivity contribution in [2.24, 2.45) is 0 Å². The van der Waals surface area contributed by atoms with Crippen molar-refractivity contribution in [1.82, 2.24) is 19.7 Å². The minimum atomic E-state index is 0.0823. The fourth-order valence-corrected chi connectivity index (χ4v) is 4.61. The molecule has 7 heteroatoms. The Hall–Kier alpha value is -3.45. The van der Waals surface area contributed by atoms with Gasteiger partial charge in [0.15, 0.2) is 11.0 Å². The average Bonchev–Trinajstić information content (AvgIpc) is 3.43. The minimum Gasteiger partial charge on any atom is -0.311 e. The molecule has 4 aromatic rings. The van der Waals surface area contributed by atoms with Gasteiger partial charge in [-0.3, -0.25) is 14.3 Å². The van der Waals surface area contributed by atoms with Gasteiger partial charge in [0.1, 0.15) is 0 Å². The summed E-state index contributed by atoms with van der Waals surface area (Å²) in [5.41, 5.74) is 5.31. The molecule has 6 nitrogen and oxygen atoms in total. The number of anilines is 1. The lowest BCUT2D eigenvalue weighted by Gasteiger charge is -2.17. The standard InChI is InChI=1S/C24H21N5OS/c1-17-6-8-20(9-7-17)29-23(19-10-13-25-14-11-19)26-27-24(29)31-16-22(30)28-15-12-18-4-2-3-5-21(18)28/h2-11,13-14H,12,15-16H2,1H3. The van der Waals surface area contributed by atoms with Gasteiger partial charge >= 0.3 is 0 Å². The average molecular weight is 428 g/mol. The Kier molecular flexibility index (Phi) is 5.26. The molecule has 2 aromatic carbocycles. The van der Waals surface area contributed by atoms with E-state index in [2.05, 4.69) is 40.3 Å². The SMILES string of the molecule is Cc1ccc(-n2c(SCC(=O)N3CCc4ccccc43)nnc2-c2ccncc2)cc1. The molecule has 0 fully saturated rings. The van der Waals surface area contributed by atoms with Gasteiger partial charge in [0, 0.05) is 35.9 Å². The van der Waals surface area contributed by atoms with E-state index < -0.39 is 0 Å². The van der Waals surface area contributed by atoms with Crippen LogP contribution in [0.25, 0.3) is 17.1 Å². The molecule has 5 rings (SSSR count). The smallest absolute Gasteiger partial charge is 0.237 e. The van der Waals surface area contributed by atoms with Crippen LogP contribution in [0.5, 0.6) is 0 Å². The largest absolute Gasteiger partial charge is 0.311 e. The lowest BCUT2D eigenvalue weighted by molar-refractivity contribution is -0.116. The predicted octanol–water partition coefficient (Wildman–Crippen LogP) is 4.32. The number of amides is 1.